The molecular weight excluding hydrogens is 506 g/mol. The lowest BCUT2D eigenvalue weighted by molar-refractivity contribution is 0.0565. The molecule has 0 atom stereocenters. The lowest BCUT2D eigenvalue weighted by Crippen LogP contribution is -2.05. The molecule has 4 aromatic rings. The van der Waals surface area contributed by atoms with Gasteiger partial charge in [-0.15, -0.1) is 0 Å². The molecule has 0 aliphatic carbocycles. The number of aliphatic hydroxyl groups is 1. The average molecular weight is 528 g/mol. The molecule has 0 bridgehead atoms. The Hall–Kier alpha value is -4.84. The first kappa shape index (κ1) is 26.2. The summed E-state index contributed by atoms with van der Waals surface area (Å²) in [6.45, 7) is 0.00721. The third-order valence-corrected chi connectivity index (χ3v) is 6.34. The van der Waals surface area contributed by atoms with Gasteiger partial charge in [-0.1, -0.05) is 42.1 Å². The summed E-state index contributed by atoms with van der Waals surface area (Å²) in [7, 11) is 1.24. The first-order valence-corrected chi connectivity index (χ1v) is 12.2. The minimum Gasteiger partial charge on any atom is -0.491 e. The van der Waals surface area contributed by atoms with Crippen LogP contribution in [0.3, 0.4) is 0 Å². The molecule has 0 saturated heterocycles. The molecule has 190 valence electrons. The van der Waals surface area contributed by atoms with E-state index >= 15 is 0 Å². The molecule has 0 radical (unpaired) electrons. The van der Waals surface area contributed by atoms with Crippen molar-refractivity contribution in [2.75, 3.05) is 26.1 Å². The summed E-state index contributed by atoms with van der Waals surface area (Å²) in [5, 5.41) is 29.1. The molecule has 11 heteroatoms. The summed E-state index contributed by atoms with van der Waals surface area (Å²) in [5.41, 5.74) is 8.22. The fourth-order valence-corrected chi connectivity index (χ4v) is 4.54. The van der Waals surface area contributed by atoms with E-state index in [0.29, 0.717) is 28.1 Å². The number of aliphatic hydroxyl groups excluding tert-OH is 1. The van der Waals surface area contributed by atoms with E-state index in [9.17, 15) is 15.3 Å². The number of anilines is 1. The molecule has 4 rings (SSSR count). The number of carbonyl (C=O) groups excluding carboxylic acids is 1. The Morgan fingerprint density at radius 1 is 1.05 bits per heavy atom. The highest BCUT2D eigenvalue weighted by molar-refractivity contribution is 7.98. The van der Waals surface area contributed by atoms with Crippen LogP contribution in [-0.2, 0) is 10.5 Å². The molecule has 3 N–H and O–H groups in total. The number of benzene rings is 2. The monoisotopic (exact) mass is 527 g/mol. The number of oxazole rings is 1. The van der Waals surface area contributed by atoms with Gasteiger partial charge >= 0.3 is 5.97 Å². The molecule has 0 unspecified atom stereocenters. The Bertz CT molecular complexity index is 1540. The van der Waals surface area contributed by atoms with Crippen molar-refractivity contribution in [3.05, 3.63) is 77.2 Å². The number of thioether (sulfide) groups is 1. The second-order valence-corrected chi connectivity index (χ2v) is 8.65. The molecule has 0 aliphatic rings. The van der Waals surface area contributed by atoms with Crippen LogP contribution in [-0.4, -0.2) is 41.4 Å². The van der Waals surface area contributed by atoms with Gasteiger partial charge in [-0.05, 0) is 29.8 Å². The lowest BCUT2D eigenvalue weighted by atomic mass is 9.97. The van der Waals surface area contributed by atoms with Gasteiger partial charge in [0, 0.05) is 16.9 Å². The van der Waals surface area contributed by atoms with Crippen LogP contribution in [0.1, 0.15) is 27.4 Å². The van der Waals surface area contributed by atoms with Gasteiger partial charge in [0.15, 0.2) is 0 Å². The van der Waals surface area contributed by atoms with Crippen LogP contribution in [0.5, 0.6) is 5.75 Å². The number of hydrogen-bond donors (Lipinski definition) is 2. The molecule has 0 saturated carbocycles. The quantitative estimate of drug-likeness (QED) is 0.236. The van der Waals surface area contributed by atoms with Crippen molar-refractivity contribution in [2.45, 2.75) is 10.8 Å². The Morgan fingerprint density at radius 3 is 2.39 bits per heavy atom. The molecule has 0 spiro atoms. The van der Waals surface area contributed by atoms with Crippen LogP contribution >= 0.6 is 11.8 Å². The largest absolute Gasteiger partial charge is 0.491 e. The van der Waals surface area contributed by atoms with E-state index in [1.54, 1.807) is 36.4 Å². The molecule has 2 aromatic heterocycles. The molecule has 0 aliphatic heterocycles. The number of nitriles is 2. The van der Waals surface area contributed by atoms with E-state index in [4.69, 9.17) is 24.7 Å². The van der Waals surface area contributed by atoms with Crippen molar-refractivity contribution < 1.29 is 23.8 Å². The average Bonchev–Trinajstić information content (AvgIpc) is 3.39. The van der Waals surface area contributed by atoms with Gasteiger partial charge in [0.25, 0.3) is 0 Å². The number of aromatic nitrogens is 2. The van der Waals surface area contributed by atoms with Crippen LogP contribution in [0.15, 0.2) is 64.0 Å². The zero-order valence-electron chi connectivity index (χ0n) is 20.2. The molecular formula is C27H21N5O5S. The number of nitrogens with zero attached hydrogens (tertiary/aromatic N) is 4. The van der Waals surface area contributed by atoms with Crippen LogP contribution in [0, 0.1) is 22.7 Å². The summed E-state index contributed by atoms with van der Waals surface area (Å²) < 4.78 is 16.0. The summed E-state index contributed by atoms with van der Waals surface area (Å²) in [4.78, 5) is 21.1. The van der Waals surface area contributed by atoms with E-state index in [-0.39, 0.29) is 52.6 Å². The van der Waals surface area contributed by atoms with Gasteiger partial charge < -0.3 is 24.7 Å². The van der Waals surface area contributed by atoms with Gasteiger partial charge in [0.2, 0.25) is 11.7 Å². The Morgan fingerprint density at radius 2 is 1.76 bits per heavy atom. The number of nitrogens with two attached hydrogens (primary N) is 1. The maximum atomic E-state index is 12.4. The third kappa shape index (κ3) is 5.44. The van der Waals surface area contributed by atoms with E-state index < -0.39 is 5.97 Å². The van der Waals surface area contributed by atoms with E-state index in [2.05, 4.69) is 16.0 Å². The molecule has 0 fully saturated rings. The normalized spacial score (nSPS) is 10.4. The standard InChI is InChI=1S/C27H21N5O5S/c1-35-27(34)23-21(31-25(37-23)17-5-3-2-4-6-17)15-38-26-20(14-29)22(19(13-28)24(30)32-26)16-7-9-18(10-8-16)36-12-11-33/h2-10,33H,11-12,15H2,1H3,(H2,30,32). The number of carbonyl (C=O) groups is 1. The second-order valence-electron chi connectivity index (χ2n) is 7.69. The second kappa shape index (κ2) is 11.9. The maximum Gasteiger partial charge on any atom is 0.376 e. The Kier molecular flexibility index (Phi) is 8.23. The van der Waals surface area contributed by atoms with E-state index in [0.717, 1.165) is 11.8 Å². The van der Waals surface area contributed by atoms with Crippen molar-refractivity contribution in [1.82, 2.24) is 9.97 Å². The summed E-state index contributed by atoms with van der Waals surface area (Å²) in [5.74, 6) is 0.0970. The Balaban J connectivity index is 1.72. The lowest BCUT2D eigenvalue weighted by Gasteiger charge is -2.13. The maximum absolute atomic E-state index is 12.4. The van der Waals surface area contributed by atoms with Gasteiger partial charge in [0.1, 0.15) is 46.6 Å². The van der Waals surface area contributed by atoms with Gasteiger partial charge in [-0.25, -0.2) is 14.8 Å². The number of esters is 1. The zero-order valence-corrected chi connectivity index (χ0v) is 21.0. The number of pyridine rings is 1. The number of ether oxygens (including phenoxy) is 2. The SMILES string of the molecule is COC(=O)c1oc(-c2ccccc2)nc1CSc1nc(N)c(C#N)c(-c2ccc(OCCO)cc2)c1C#N. The van der Waals surface area contributed by atoms with E-state index in [1.807, 2.05) is 24.3 Å². The molecule has 2 heterocycles. The zero-order chi connectivity index (χ0) is 27.1. The van der Waals surface area contributed by atoms with Crippen LogP contribution in [0.2, 0.25) is 0 Å². The highest BCUT2D eigenvalue weighted by Crippen LogP contribution is 2.37. The highest BCUT2D eigenvalue weighted by Gasteiger charge is 2.25. The summed E-state index contributed by atoms with van der Waals surface area (Å²) in [6.07, 6.45) is 0. The van der Waals surface area contributed by atoms with Crippen LogP contribution in [0.25, 0.3) is 22.6 Å². The molecule has 10 nitrogen and oxygen atoms in total. The highest BCUT2D eigenvalue weighted by atomic mass is 32.2. The molecule has 38 heavy (non-hydrogen) atoms. The fraction of sp³-hybridized carbons (Fsp3) is 0.148. The third-order valence-electron chi connectivity index (χ3n) is 5.35. The first-order chi connectivity index (χ1) is 18.5. The Labute approximate surface area is 222 Å². The number of methoxy groups -OCH3 is 1. The number of rotatable bonds is 9. The molecule has 0 amide bonds. The van der Waals surface area contributed by atoms with Crippen molar-refractivity contribution in [3.63, 3.8) is 0 Å². The number of hydrogen-bond acceptors (Lipinski definition) is 11. The van der Waals surface area contributed by atoms with Gasteiger partial charge in [0.05, 0.1) is 19.3 Å². The summed E-state index contributed by atoms with van der Waals surface area (Å²) in [6, 6.07) is 20.0. The van der Waals surface area contributed by atoms with Crippen molar-refractivity contribution in [3.8, 4) is 40.5 Å². The van der Waals surface area contributed by atoms with E-state index in [1.165, 1.54) is 7.11 Å². The van der Waals surface area contributed by atoms with Crippen molar-refractivity contribution in [1.29, 1.82) is 10.5 Å². The predicted octanol–water partition coefficient (Wildman–Crippen LogP) is 4.18. The van der Waals surface area contributed by atoms with Crippen LogP contribution < -0.4 is 10.5 Å². The summed E-state index contributed by atoms with van der Waals surface area (Å²) >= 11 is 1.13. The smallest absolute Gasteiger partial charge is 0.376 e. The van der Waals surface area contributed by atoms with Crippen molar-refractivity contribution in [2.24, 2.45) is 0 Å². The van der Waals surface area contributed by atoms with Gasteiger partial charge in [-0.3, -0.25) is 0 Å². The minimum absolute atomic E-state index is 0.0390. The number of nitrogen functional groups attached to an aromatic ring is 1. The van der Waals surface area contributed by atoms with Crippen LogP contribution in [0.4, 0.5) is 5.82 Å². The minimum atomic E-state index is -0.688. The topological polar surface area (TPSA) is 168 Å². The molecule has 2 aromatic carbocycles. The predicted molar refractivity (Wildman–Crippen MR) is 139 cm³/mol. The van der Waals surface area contributed by atoms with Gasteiger partial charge in [-0.2, -0.15) is 10.5 Å². The first-order valence-electron chi connectivity index (χ1n) is 11.2. The fourth-order valence-electron chi connectivity index (χ4n) is 3.62. The van der Waals surface area contributed by atoms with Crippen molar-refractivity contribution >= 4 is 23.5 Å².